The first-order valence-electron chi connectivity index (χ1n) is 10.9. The second kappa shape index (κ2) is 9.40. The van der Waals surface area contributed by atoms with E-state index in [0.29, 0.717) is 19.6 Å². The fourth-order valence-electron chi connectivity index (χ4n) is 5.01. The highest BCUT2D eigenvalue weighted by molar-refractivity contribution is 5.78. The number of benzene rings is 1. The SMILES string of the molecule is CN(CC(=O)N1CCC2(CCCN(Cc3ccc(F)c(F)c3)C2)C1)Cc1cccnc1. The Labute approximate surface area is 182 Å². The van der Waals surface area contributed by atoms with Crippen molar-refractivity contribution in [2.24, 2.45) is 5.41 Å². The zero-order valence-electron chi connectivity index (χ0n) is 18.1. The Morgan fingerprint density at radius 3 is 2.77 bits per heavy atom. The maximum absolute atomic E-state index is 13.6. The van der Waals surface area contributed by atoms with Crippen LogP contribution >= 0.6 is 0 Å². The van der Waals surface area contributed by atoms with Crippen LogP contribution in [0.4, 0.5) is 8.78 Å². The molecule has 4 rings (SSSR count). The third-order valence-corrected chi connectivity index (χ3v) is 6.50. The average Bonchev–Trinajstić information content (AvgIpc) is 3.14. The van der Waals surface area contributed by atoms with Crippen LogP contribution in [0.25, 0.3) is 0 Å². The van der Waals surface area contributed by atoms with Crippen LogP contribution in [0.5, 0.6) is 0 Å². The fourth-order valence-corrected chi connectivity index (χ4v) is 5.01. The Balaban J connectivity index is 1.31. The molecule has 0 aliphatic carbocycles. The van der Waals surface area contributed by atoms with Crippen molar-refractivity contribution in [3.63, 3.8) is 0 Å². The molecule has 1 spiro atoms. The Hall–Kier alpha value is -2.38. The Bertz CT molecular complexity index is 910. The lowest BCUT2D eigenvalue weighted by Crippen LogP contribution is -2.45. The van der Waals surface area contributed by atoms with Gasteiger partial charge in [0.2, 0.25) is 5.91 Å². The standard InChI is InChI=1S/C24H30F2N4O/c1-28(14-20-4-2-9-27-13-20)16-23(31)30-11-8-24(18-30)7-3-10-29(17-24)15-19-5-6-21(25)22(26)12-19/h2,4-6,9,12-13H,3,7-8,10-11,14-18H2,1H3. The Morgan fingerprint density at radius 1 is 1.13 bits per heavy atom. The van der Waals surface area contributed by atoms with Gasteiger partial charge in [-0.3, -0.25) is 19.6 Å². The van der Waals surface area contributed by atoms with Crippen LogP contribution in [0.3, 0.4) is 0 Å². The van der Waals surface area contributed by atoms with E-state index in [1.807, 2.05) is 35.2 Å². The summed E-state index contributed by atoms with van der Waals surface area (Å²) < 4.78 is 26.8. The summed E-state index contributed by atoms with van der Waals surface area (Å²) in [7, 11) is 1.96. The Morgan fingerprint density at radius 2 is 2.00 bits per heavy atom. The molecule has 0 bridgehead atoms. The molecule has 166 valence electrons. The molecule has 2 fully saturated rings. The number of pyridine rings is 1. The van der Waals surface area contributed by atoms with Crippen molar-refractivity contribution in [1.82, 2.24) is 19.7 Å². The second-order valence-electron chi connectivity index (χ2n) is 9.16. The van der Waals surface area contributed by atoms with Crippen LogP contribution < -0.4 is 0 Å². The molecule has 2 saturated heterocycles. The van der Waals surface area contributed by atoms with E-state index >= 15 is 0 Å². The predicted molar refractivity (Wildman–Crippen MR) is 115 cm³/mol. The molecule has 1 aromatic heterocycles. The summed E-state index contributed by atoms with van der Waals surface area (Å²) in [5, 5.41) is 0. The third-order valence-electron chi connectivity index (χ3n) is 6.50. The van der Waals surface area contributed by atoms with Gasteiger partial charge in [-0.25, -0.2) is 8.78 Å². The van der Waals surface area contributed by atoms with Gasteiger partial charge in [0, 0.05) is 50.5 Å². The molecular weight excluding hydrogens is 398 g/mol. The quantitative estimate of drug-likeness (QED) is 0.708. The second-order valence-corrected chi connectivity index (χ2v) is 9.16. The first-order valence-corrected chi connectivity index (χ1v) is 10.9. The van der Waals surface area contributed by atoms with Gasteiger partial charge in [0.1, 0.15) is 0 Å². The summed E-state index contributed by atoms with van der Waals surface area (Å²) >= 11 is 0. The predicted octanol–water partition coefficient (Wildman–Crippen LogP) is 3.31. The molecule has 2 aliphatic heterocycles. The highest BCUT2D eigenvalue weighted by atomic mass is 19.2. The molecule has 2 aliphatic rings. The van der Waals surface area contributed by atoms with E-state index in [9.17, 15) is 13.6 Å². The average molecular weight is 429 g/mol. The van der Waals surface area contributed by atoms with Crippen LogP contribution in [0.2, 0.25) is 0 Å². The third kappa shape index (κ3) is 5.46. The number of likely N-dealkylation sites (tertiary alicyclic amines) is 2. The van der Waals surface area contributed by atoms with Gasteiger partial charge in [-0.1, -0.05) is 12.1 Å². The molecule has 1 aromatic carbocycles. The highest BCUT2D eigenvalue weighted by Crippen LogP contribution is 2.39. The van der Waals surface area contributed by atoms with E-state index in [1.54, 1.807) is 12.3 Å². The molecule has 7 heteroatoms. The number of hydrogen-bond acceptors (Lipinski definition) is 4. The monoisotopic (exact) mass is 428 g/mol. The summed E-state index contributed by atoms with van der Waals surface area (Å²) in [5.41, 5.74) is 1.99. The smallest absolute Gasteiger partial charge is 0.236 e. The van der Waals surface area contributed by atoms with Crippen molar-refractivity contribution in [3.8, 4) is 0 Å². The molecule has 5 nitrogen and oxygen atoms in total. The van der Waals surface area contributed by atoms with E-state index in [-0.39, 0.29) is 11.3 Å². The minimum atomic E-state index is -0.808. The number of likely N-dealkylation sites (N-methyl/N-ethyl adjacent to an activating group) is 1. The number of amides is 1. The number of halogens is 2. The van der Waals surface area contributed by atoms with E-state index in [1.165, 1.54) is 12.1 Å². The van der Waals surface area contributed by atoms with E-state index < -0.39 is 11.6 Å². The summed E-state index contributed by atoms with van der Waals surface area (Å²) in [5.74, 6) is -1.43. The van der Waals surface area contributed by atoms with Gasteiger partial charge >= 0.3 is 0 Å². The molecule has 1 amide bonds. The van der Waals surface area contributed by atoms with Crippen LogP contribution in [-0.4, -0.2) is 65.4 Å². The number of piperidine rings is 1. The number of hydrogen-bond donors (Lipinski definition) is 0. The molecule has 3 heterocycles. The lowest BCUT2D eigenvalue weighted by Gasteiger charge is -2.40. The minimum absolute atomic E-state index is 0.106. The summed E-state index contributed by atoms with van der Waals surface area (Å²) in [4.78, 5) is 23.4. The molecule has 0 saturated carbocycles. The van der Waals surface area contributed by atoms with Gasteiger partial charge < -0.3 is 4.90 Å². The van der Waals surface area contributed by atoms with Gasteiger partial charge in [0.15, 0.2) is 11.6 Å². The van der Waals surface area contributed by atoms with Crippen LogP contribution in [0.1, 0.15) is 30.4 Å². The number of rotatable bonds is 6. The topological polar surface area (TPSA) is 39.7 Å². The minimum Gasteiger partial charge on any atom is -0.341 e. The van der Waals surface area contributed by atoms with Crippen molar-refractivity contribution < 1.29 is 13.6 Å². The van der Waals surface area contributed by atoms with Gasteiger partial charge in [0.25, 0.3) is 0 Å². The van der Waals surface area contributed by atoms with Gasteiger partial charge in [-0.2, -0.15) is 0 Å². The molecule has 0 N–H and O–H groups in total. The largest absolute Gasteiger partial charge is 0.341 e. The maximum Gasteiger partial charge on any atom is 0.236 e. The van der Waals surface area contributed by atoms with E-state index in [4.69, 9.17) is 0 Å². The maximum atomic E-state index is 13.6. The van der Waals surface area contributed by atoms with Gasteiger partial charge in [0.05, 0.1) is 6.54 Å². The van der Waals surface area contributed by atoms with Gasteiger partial charge in [-0.05, 0) is 62.2 Å². The molecule has 1 unspecified atom stereocenters. The van der Waals surface area contributed by atoms with Crippen molar-refractivity contribution >= 4 is 5.91 Å². The molecule has 31 heavy (non-hydrogen) atoms. The van der Waals surface area contributed by atoms with Crippen molar-refractivity contribution in [1.29, 1.82) is 0 Å². The van der Waals surface area contributed by atoms with Crippen molar-refractivity contribution in [2.45, 2.75) is 32.4 Å². The first-order chi connectivity index (χ1) is 14.9. The lowest BCUT2D eigenvalue weighted by atomic mass is 9.79. The zero-order valence-corrected chi connectivity index (χ0v) is 18.1. The first kappa shape index (κ1) is 21.8. The number of aromatic nitrogens is 1. The molecule has 1 atom stereocenters. The number of carbonyl (C=O) groups excluding carboxylic acids is 1. The van der Waals surface area contributed by atoms with Crippen LogP contribution in [0.15, 0.2) is 42.7 Å². The number of carbonyl (C=O) groups is 1. The van der Waals surface area contributed by atoms with E-state index in [2.05, 4.69) is 9.88 Å². The normalized spacial score (nSPS) is 21.9. The number of nitrogens with zero attached hydrogens (tertiary/aromatic N) is 4. The molecular formula is C24H30F2N4O. The molecule has 0 radical (unpaired) electrons. The summed E-state index contributed by atoms with van der Waals surface area (Å²) in [6.45, 7) is 5.11. The highest BCUT2D eigenvalue weighted by Gasteiger charge is 2.42. The lowest BCUT2D eigenvalue weighted by molar-refractivity contribution is -0.131. The Kier molecular flexibility index (Phi) is 6.62. The van der Waals surface area contributed by atoms with Crippen molar-refractivity contribution in [2.75, 3.05) is 39.8 Å². The summed E-state index contributed by atoms with van der Waals surface area (Å²) in [6, 6.07) is 8.07. The summed E-state index contributed by atoms with van der Waals surface area (Å²) in [6.07, 6.45) is 6.75. The van der Waals surface area contributed by atoms with Gasteiger partial charge in [-0.15, -0.1) is 0 Å². The molecule has 2 aromatic rings. The van der Waals surface area contributed by atoms with E-state index in [0.717, 1.165) is 56.6 Å². The van der Waals surface area contributed by atoms with Crippen molar-refractivity contribution in [3.05, 3.63) is 65.5 Å². The zero-order chi connectivity index (χ0) is 21.8. The van der Waals surface area contributed by atoms with Crippen LogP contribution in [-0.2, 0) is 17.9 Å². The fraction of sp³-hybridized carbons (Fsp3) is 0.500. The van der Waals surface area contributed by atoms with Crippen LogP contribution in [0, 0.1) is 17.0 Å².